The topological polar surface area (TPSA) is 46.3 Å². The molecule has 1 amide bonds. The van der Waals surface area contributed by atoms with Gasteiger partial charge in [0.15, 0.2) is 0 Å². The molecule has 2 aliphatic rings. The molecule has 1 spiro atoms. The predicted octanol–water partition coefficient (Wildman–Crippen LogP) is 1.75. The second kappa shape index (κ2) is 3.47. The van der Waals surface area contributed by atoms with Crippen LogP contribution in [0.2, 0.25) is 0 Å². The van der Waals surface area contributed by atoms with Crippen LogP contribution < -0.4 is 5.73 Å². The molecule has 1 fully saturated rings. The minimum absolute atomic E-state index is 0.109. The van der Waals surface area contributed by atoms with E-state index < -0.39 is 5.41 Å². The molecule has 17 heavy (non-hydrogen) atoms. The van der Waals surface area contributed by atoms with Crippen LogP contribution in [0.5, 0.6) is 0 Å². The van der Waals surface area contributed by atoms with Crippen molar-refractivity contribution in [3.63, 3.8) is 0 Å². The van der Waals surface area contributed by atoms with Crippen LogP contribution in [0.15, 0.2) is 24.3 Å². The van der Waals surface area contributed by atoms with E-state index in [2.05, 4.69) is 0 Å². The van der Waals surface area contributed by atoms with Crippen LogP contribution in [0.1, 0.15) is 29.5 Å². The maximum Gasteiger partial charge on any atom is 0.234 e. The van der Waals surface area contributed by atoms with Crippen LogP contribution in [0.4, 0.5) is 0 Å². The summed E-state index contributed by atoms with van der Waals surface area (Å²) in [5, 5.41) is 0. The molecule has 1 heterocycles. The summed E-state index contributed by atoms with van der Waals surface area (Å²) in [5.74, 6) is 0.109. The van der Waals surface area contributed by atoms with Crippen molar-refractivity contribution in [3.8, 4) is 0 Å². The number of hydrogen-bond donors (Lipinski definition) is 1. The molecule has 1 aliphatic carbocycles. The molecule has 1 unspecified atom stereocenters. The van der Waals surface area contributed by atoms with E-state index >= 15 is 0 Å². The third kappa shape index (κ3) is 1.30. The van der Waals surface area contributed by atoms with Crippen LogP contribution in [0.3, 0.4) is 0 Å². The van der Waals surface area contributed by atoms with Crippen molar-refractivity contribution in [1.29, 1.82) is 0 Å². The molecular formula is C13H15ClN2O. The molecule has 1 aromatic carbocycles. The van der Waals surface area contributed by atoms with E-state index in [1.807, 2.05) is 24.3 Å². The molecule has 3 rings (SSSR count). The number of rotatable bonds is 0. The Morgan fingerprint density at radius 2 is 2.06 bits per heavy atom. The summed E-state index contributed by atoms with van der Waals surface area (Å²) < 4.78 is 0. The fraction of sp³-hybridized carbons (Fsp3) is 0.462. The Balaban J connectivity index is 2.17. The molecule has 1 aromatic rings. The second-order valence-electron chi connectivity index (χ2n) is 5.09. The molecule has 0 radical (unpaired) electrons. The Morgan fingerprint density at radius 1 is 1.41 bits per heavy atom. The molecule has 1 saturated carbocycles. The zero-order chi connectivity index (χ0) is 12.2. The van der Waals surface area contributed by atoms with Gasteiger partial charge in [-0.1, -0.05) is 35.9 Å². The Bertz CT molecular complexity index is 482. The smallest absolute Gasteiger partial charge is 0.234 e. The van der Waals surface area contributed by atoms with Crippen LogP contribution in [-0.2, 0) is 10.2 Å². The third-order valence-corrected chi connectivity index (χ3v) is 4.55. The largest absolute Gasteiger partial charge is 0.328 e. The first kappa shape index (κ1) is 11.1. The number of likely N-dealkylation sites (N-methyl/N-ethyl adjacent to an activating group) is 1. The van der Waals surface area contributed by atoms with Crippen molar-refractivity contribution in [2.75, 3.05) is 7.05 Å². The number of carbonyl (C=O) groups excluding carboxylic acids is 1. The lowest BCUT2D eigenvalue weighted by molar-refractivity contribution is -0.142. The van der Waals surface area contributed by atoms with E-state index in [4.69, 9.17) is 17.3 Å². The molecular weight excluding hydrogens is 236 g/mol. The van der Waals surface area contributed by atoms with Gasteiger partial charge >= 0.3 is 0 Å². The molecule has 90 valence electrons. The van der Waals surface area contributed by atoms with E-state index in [9.17, 15) is 4.79 Å². The summed E-state index contributed by atoms with van der Waals surface area (Å²) in [6.07, 6.45) is 1.47. The van der Waals surface area contributed by atoms with Crippen molar-refractivity contribution in [2.24, 2.45) is 5.73 Å². The number of halogens is 1. The van der Waals surface area contributed by atoms with Gasteiger partial charge in [0.2, 0.25) is 5.91 Å². The Hall–Kier alpha value is -1.06. The Morgan fingerprint density at radius 3 is 2.71 bits per heavy atom. The van der Waals surface area contributed by atoms with Gasteiger partial charge < -0.3 is 10.6 Å². The van der Waals surface area contributed by atoms with Crippen molar-refractivity contribution in [2.45, 2.75) is 29.8 Å². The number of nitrogens with zero attached hydrogens (tertiary/aromatic N) is 1. The van der Waals surface area contributed by atoms with Crippen LogP contribution >= 0.6 is 11.6 Å². The zero-order valence-electron chi connectivity index (χ0n) is 9.69. The van der Waals surface area contributed by atoms with Crippen molar-refractivity contribution < 1.29 is 4.79 Å². The summed E-state index contributed by atoms with van der Waals surface area (Å²) in [6.45, 7) is 0. The molecule has 0 aromatic heterocycles. The van der Waals surface area contributed by atoms with Gasteiger partial charge in [-0.2, -0.15) is 0 Å². The number of hydrogen-bond acceptors (Lipinski definition) is 2. The Kier molecular flexibility index (Phi) is 2.25. The Labute approximate surface area is 106 Å². The number of amides is 1. The fourth-order valence-electron chi connectivity index (χ4n) is 3.13. The van der Waals surface area contributed by atoms with Gasteiger partial charge in [0.25, 0.3) is 0 Å². The van der Waals surface area contributed by atoms with E-state index in [-0.39, 0.29) is 17.5 Å². The zero-order valence-corrected chi connectivity index (χ0v) is 10.4. The van der Waals surface area contributed by atoms with Gasteiger partial charge in [0.05, 0.1) is 5.41 Å². The highest BCUT2D eigenvalue weighted by molar-refractivity contribution is 6.22. The highest BCUT2D eigenvalue weighted by Gasteiger charge is 2.55. The fourth-order valence-corrected chi connectivity index (χ4v) is 3.41. The standard InChI is InChI=1S/C13H15ClN2O/c1-16-11(14)9-4-2-3-5-10(9)13(12(16)17)6-8(15)7-13/h2-5,8,11H,6-7,15H2,1H3. The van der Waals surface area contributed by atoms with Crippen LogP contribution in [-0.4, -0.2) is 23.9 Å². The average Bonchev–Trinajstić information content (AvgIpc) is 2.30. The second-order valence-corrected chi connectivity index (χ2v) is 5.50. The summed E-state index contributed by atoms with van der Waals surface area (Å²) in [4.78, 5) is 14.1. The maximum atomic E-state index is 12.4. The van der Waals surface area contributed by atoms with Crippen molar-refractivity contribution in [1.82, 2.24) is 4.90 Å². The van der Waals surface area contributed by atoms with Gasteiger partial charge in [0.1, 0.15) is 5.50 Å². The SMILES string of the molecule is CN1C(=O)C2(CC(N)C2)c2ccccc2C1Cl. The highest BCUT2D eigenvalue weighted by Crippen LogP contribution is 2.51. The highest BCUT2D eigenvalue weighted by atomic mass is 35.5. The van der Waals surface area contributed by atoms with Crippen LogP contribution in [0.25, 0.3) is 0 Å². The lowest BCUT2D eigenvalue weighted by atomic mass is 9.59. The number of carbonyl (C=O) groups is 1. The third-order valence-electron chi connectivity index (χ3n) is 4.02. The number of alkyl halides is 1. The normalized spacial score (nSPS) is 35.7. The average molecular weight is 251 g/mol. The van der Waals surface area contributed by atoms with E-state index in [1.165, 1.54) is 0 Å². The van der Waals surface area contributed by atoms with Gasteiger partial charge in [-0.05, 0) is 24.0 Å². The van der Waals surface area contributed by atoms with Crippen LogP contribution in [0, 0.1) is 0 Å². The minimum Gasteiger partial charge on any atom is -0.328 e. The first-order valence-corrected chi connectivity index (χ1v) is 6.26. The lowest BCUT2D eigenvalue weighted by Gasteiger charge is -2.51. The first-order chi connectivity index (χ1) is 8.06. The minimum atomic E-state index is -0.407. The predicted molar refractivity (Wildman–Crippen MR) is 66.7 cm³/mol. The molecule has 0 saturated heterocycles. The molecule has 1 aliphatic heterocycles. The quantitative estimate of drug-likeness (QED) is 0.563. The van der Waals surface area contributed by atoms with E-state index in [0.717, 1.165) is 24.0 Å². The summed E-state index contributed by atoms with van der Waals surface area (Å²) in [6, 6.07) is 8.08. The maximum absolute atomic E-state index is 12.4. The summed E-state index contributed by atoms with van der Waals surface area (Å²) in [5.41, 5.74) is 7.23. The van der Waals surface area contributed by atoms with Crippen molar-refractivity contribution >= 4 is 17.5 Å². The molecule has 3 nitrogen and oxygen atoms in total. The first-order valence-electron chi connectivity index (χ1n) is 5.82. The number of fused-ring (bicyclic) bond motifs is 2. The van der Waals surface area contributed by atoms with Crippen molar-refractivity contribution in [3.05, 3.63) is 35.4 Å². The molecule has 2 N–H and O–H groups in total. The van der Waals surface area contributed by atoms with Gasteiger partial charge in [-0.3, -0.25) is 4.79 Å². The van der Waals surface area contributed by atoms with Gasteiger partial charge in [-0.25, -0.2) is 0 Å². The van der Waals surface area contributed by atoms with E-state index in [0.29, 0.717) is 0 Å². The lowest BCUT2D eigenvalue weighted by Crippen LogP contribution is -2.60. The molecule has 0 bridgehead atoms. The summed E-state index contributed by atoms with van der Waals surface area (Å²) in [7, 11) is 1.77. The molecule has 4 heteroatoms. The monoisotopic (exact) mass is 250 g/mol. The van der Waals surface area contributed by atoms with Gasteiger partial charge in [-0.15, -0.1) is 0 Å². The van der Waals surface area contributed by atoms with Gasteiger partial charge in [0, 0.05) is 13.1 Å². The van der Waals surface area contributed by atoms with E-state index in [1.54, 1.807) is 11.9 Å². The number of benzene rings is 1. The molecule has 1 atom stereocenters. The summed E-state index contributed by atoms with van der Waals surface area (Å²) >= 11 is 6.31. The number of nitrogens with two attached hydrogens (primary N) is 1.